The van der Waals surface area contributed by atoms with Crippen molar-refractivity contribution < 1.29 is 23.9 Å². The fourth-order valence-corrected chi connectivity index (χ4v) is 2.23. The first kappa shape index (κ1) is 21.5. The number of nitrogens with one attached hydrogen (secondary N) is 2. The third-order valence-corrected chi connectivity index (χ3v) is 3.76. The summed E-state index contributed by atoms with van der Waals surface area (Å²) in [6, 6.07) is 5.72. The minimum Gasteiger partial charge on any atom is -0.465 e. The van der Waals surface area contributed by atoms with Gasteiger partial charge < -0.3 is 20.1 Å². The van der Waals surface area contributed by atoms with Crippen molar-refractivity contribution in [3.63, 3.8) is 0 Å². The normalized spacial score (nSPS) is 13.3. The van der Waals surface area contributed by atoms with Gasteiger partial charge >= 0.3 is 12.1 Å². The second-order valence-corrected chi connectivity index (χ2v) is 7.04. The van der Waals surface area contributed by atoms with Crippen LogP contribution < -0.4 is 10.6 Å². The summed E-state index contributed by atoms with van der Waals surface area (Å²) in [6.45, 7) is 9.02. The average molecular weight is 364 g/mol. The van der Waals surface area contributed by atoms with Crippen molar-refractivity contribution in [2.75, 3.05) is 12.4 Å². The van der Waals surface area contributed by atoms with Gasteiger partial charge in [0.05, 0.1) is 18.4 Å². The van der Waals surface area contributed by atoms with Gasteiger partial charge in [0, 0.05) is 0 Å². The summed E-state index contributed by atoms with van der Waals surface area (Å²) in [6.07, 6.45) is 0.00574. The molecule has 0 heterocycles. The van der Waals surface area contributed by atoms with Crippen LogP contribution in [0.15, 0.2) is 24.3 Å². The van der Waals surface area contributed by atoms with Crippen LogP contribution in [-0.2, 0) is 14.3 Å². The van der Waals surface area contributed by atoms with Gasteiger partial charge in [-0.3, -0.25) is 4.79 Å². The summed E-state index contributed by atoms with van der Waals surface area (Å²) in [5.41, 5.74) is -0.106. The molecule has 1 aromatic rings. The molecule has 2 N–H and O–H groups in total. The van der Waals surface area contributed by atoms with E-state index in [4.69, 9.17) is 9.47 Å². The lowest BCUT2D eigenvalue weighted by atomic mass is 9.98. The van der Waals surface area contributed by atoms with Crippen LogP contribution in [0.2, 0.25) is 0 Å². The Kier molecular flexibility index (Phi) is 7.61. The average Bonchev–Trinajstić information content (AvgIpc) is 2.57. The molecule has 0 aliphatic heterocycles. The number of amides is 2. The van der Waals surface area contributed by atoms with Crippen molar-refractivity contribution in [3.8, 4) is 0 Å². The van der Waals surface area contributed by atoms with Gasteiger partial charge in [0.25, 0.3) is 0 Å². The Morgan fingerprint density at radius 3 is 2.31 bits per heavy atom. The maximum Gasteiger partial charge on any atom is 0.408 e. The number of hydrogen-bond acceptors (Lipinski definition) is 5. The smallest absolute Gasteiger partial charge is 0.408 e. The molecule has 0 fully saturated rings. The van der Waals surface area contributed by atoms with Crippen molar-refractivity contribution >= 4 is 23.7 Å². The summed E-state index contributed by atoms with van der Waals surface area (Å²) >= 11 is 0. The maximum absolute atomic E-state index is 12.7. The highest BCUT2D eigenvalue weighted by molar-refractivity contribution is 6.03. The predicted octanol–water partition coefficient (Wildman–Crippen LogP) is 3.35. The van der Waals surface area contributed by atoms with Crippen molar-refractivity contribution in [3.05, 3.63) is 29.8 Å². The van der Waals surface area contributed by atoms with Crippen LogP contribution in [0.1, 0.15) is 51.4 Å². The Morgan fingerprint density at radius 2 is 1.77 bits per heavy atom. The molecule has 0 bridgehead atoms. The number of rotatable bonds is 6. The monoisotopic (exact) mass is 364 g/mol. The van der Waals surface area contributed by atoms with E-state index in [-0.39, 0.29) is 11.5 Å². The number of carbonyl (C=O) groups is 3. The molecule has 0 aromatic heterocycles. The number of para-hydroxylation sites is 1. The molecule has 7 heteroatoms. The third kappa shape index (κ3) is 6.38. The number of anilines is 1. The van der Waals surface area contributed by atoms with E-state index in [0.717, 1.165) is 0 Å². The summed E-state index contributed by atoms with van der Waals surface area (Å²) in [5, 5.41) is 5.32. The third-order valence-electron chi connectivity index (χ3n) is 3.76. The lowest BCUT2D eigenvalue weighted by Gasteiger charge is -2.26. The van der Waals surface area contributed by atoms with Crippen molar-refractivity contribution in [1.29, 1.82) is 0 Å². The summed E-state index contributed by atoms with van der Waals surface area (Å²) in [4.78, 5) is 36.7. The van der Waals surface area contributed by atoms with Crippen LogP contribution in [0.3, 0.4) is 0 Å². The first-order chi connectivity index (χ1) is 12.1. The standard InChI is InChI=1S/C19H28N2O5/c1-7-12(2)15(21-18(24)26-19(3,4)5)16(22)20-14-11-9-8-10-13(14)17(23)25-6/h8-12,15H,7H2,1-6H3,(H,20,22)(H,21,24). The second-order valence-electron chi connectivity index (χ2n) is 7.04. The van der Waals surface area contributed by atoms with Crippen molar-refractivity contribution in [1.82, 2.24) is 5.32 Å². The molecule has 0 aliphatic carbocycles. The molecular formula is C19H28N2O5. The highest BCUT2D eigenvalue weighted by Crippen LogP contribution is 2.18. The highest BCUT2D eigenvalue weighted by atomic mass is 16.6. The van der Waals surface area contributed by atoms with Crippen molar-refractivity contribution in [2.45, 2.75) is 52.7 Å². The van der Waals surface area contributed by atoms with Crippen LogP contribution in [-0.4, -0.2) is 36.7 Å². The Morgan fingerprint density at radius 1 is 1.15 bits per heavy atom. The van der Waals surface area contributed by atoms with E-state index in [2.05, 4.69) is 10.6 Å². The van der Waals surface area contributed by atoms with Crippen LogP contribution in [0.25, 0.3) is 0 Å². The number of carbonyl (C=O) groups excluding carboxylic acids is 3. The zero-order valence-electron chi connectivity index (χ0n) is 16.2. The van der Waals surface area contributed by atoms with E-state index < -0.39 is 29.6 Å². The SMILES string of the molecule is CCC(C)C(NC(=O)OC(C)(C)C)C(=O)Nc1ccccc1C(=O)OC. The topological polar surface area (TPSA) is 93.7 Å². The highest BCUT2D eigenvalue weighted by Gasteiger charge is 2.29. The molecule has 2 amide bonds. The number of methoxy groups -OCH3 is 1. The van der Waals surface area contributed by atoms with Crippen LogP contribution in [0.4, 0.5) is 10.5 Å². The molecule has 0 saturated carbocycles. The van der Waals surface area contributed by atoms with E-state index in [1.807, 2.05) is 13.8 Å². The van der Waals surface area contributed by atoms with Crippen molar-refractivity contribution in [2.24, 2.45) is 5.92 Å². The first-order valence-corrected chi connectivity index (χ1v) is 8.56. The number of ether oxygens (including phenoxy) is 2. The quantitative estimate of drug-likeness (QED) is 0.755. The molecule has 26 heavy (non-hydrogen) atoms. The van der Waals surface area contributed by atoms with Gasteiger partial charge in [-0.15, -0.1) is 0 Å². The number of esters is 1. The van der Waals surface area contributed by atoms with Gasteiger partial charge in [0.1, 0.15) is 11.6 Å². The molecule has 2 unspecified atom stereocenters. The molecule has 2 atom stereocenters. The zero-order chi connectivity index (χ0) is 19.9. The van der Waals surface area contributed by atoms with E-state index >= 15 is 0 Å². The molecule has 0 spiro atoms. The van der Waals surface area contributed by atoms with E-state index in [1.54, 1.807) is 45.0 Å². The fourth-order valence-electron chi connectivity index (χ4n) is 2.23. The largest absolute Gasteiger partial charge is 0.465 e. The molecule has 0 radical (unpaired) electrons. The fraction of sp³-hybridized carbons (Fsp3) is 0.526. The Labute approximate surface area is 154 Å². The Hall–Kier alpha value is -2.57. The maximum atomic E-state index is 12.7. The molecule has 0 aliphatic rings. The molecular weight excluding hydrogens is 336 g/mol. The summed E-state index contributed by atoms with van der Waals surface area (Å²) in [5.74, 6) is -1.12. The van der Waals surface area contributed by atoms with Gasteiger partial charge in [0.2, 0.25) is 5.91 Å². The van der Waals surface area contributed by atoms with Gasteiger partial charge in [-0.25, -0.2) is 9.59 Å². The first-order valence-electron chi connectivity index (χ1n) is 8.56. The molecule has 7 nitrogen and oxygen atoms in total. The second kappa shape index (κ2) is 9.22. The lowest BCUT2D eigenvalue weighted by Crippen LogP contribution is -2.49. The van der Waals surface area contributed by atoms with Crippen LogP contribution >= 0.6 is 0 Å². The van der Waals surface area contributed by atoms with E-state index in [9.17, 15) is 14.4 Å². The zero-order valence-corrected chi connectivity index (χ0v) is 16.2. The van der Waals surface area contributed by atoms with Crippen LogP contribution in [0.5, 0.6) is 0 Å². The summed E-state index contributed by atoms with van der Waals surface area (Å²) < 4.78 is 9.97. The molecule has 144 valence electrons. The number of benzene rings is 1. The summed E-state index contributed by atoms with van der Waals surface area (Å²) in [7, 11) is 1.27. The predicted molar refractivity (Wildman–Crippen MR) is 99.0 cm³/mol. The minimum atomic E-state index is -0.805. The molecule has 1 rings (SSSR count). The van der Waals surface area contributed by atoms with E-state index in [1.165, 1.54) is 7.11 Å². The lowest BCUT2D eigenvalue weighted by molar-refractivity contribution is -0.119. The minimum absolute atomic E-state index is 0.132. The number of alkyl carbamates (subject to hydrolysis) is 1. The Balaban J connectivity index is 2.98. The van der Waals surface area contributed by atoms with Gasteiger partial charge in [0.15, 0.2) is 0 Å². The molecule has 1 aromatic carbocycles. The van der Waals surface area contributed by atoms with E-state index in [0.29, 0.717) is 12.1 Å². The Bertz CT molecular complexity index is 652. The van der Waals surface area contributed by atoms with Gasteiger partial charge in [-0.2, -0.15) is 0 Å². The molecule has 0 saturated heterocycles. The van der Waals surface area contributed by atoms with Gasteiger partial charge in [-0.05, 0) is 38.8 Å². The van der Waals surface area contributed by atoms with Gasteiger partial charge in [-0.1, -0.05) is 32.4 Å². The number of hydrogen-bond donors (Lipinski definition) is 2. The van der Waals surface area contributed by atoms with Crippen LogP contribution in [0, 0.1) is 5.92 Å².